The van der Waals surface area contributed by atoms with E-state index in [1.54, 1.807) is 24.3 Å². The number of nitrogens with one attached hydrogen (secondary N) is 2. The van der Waals surface area contributed by atoms with Gasteiger partial charge in [-0.3, -0.25) is 4.79 Å². The van der Waals surface area contributed by atoms with Crippen molar-refractivity contribution in [3.63, 3.8) is 0 Å². The zero-order valence-electron chi connectivity index (χ0n) is 12.2. The molecule has 0 unspecified atom stereocenters. The van der Waals surface area contributed by atoms with Crippen LogP contribution in [0.1, 0.15) is 20.8 Å². The molecule has 0 spiro atoms. The molecule has 1 heterocycles. The number of esters is 1. The fourth-order valence-electron chi connectivity index (χ4n) is 2.30. The lowest BCUT2D eigenvalue weighted by Gasteiger charge is -2.06. The highest BCUT2D eigenvalue weighted by Gasteiger charge is 2.16. The van der Waals surface area contributed by atoms with E-state index in [2.05, 4.69) is 15.0 Å². The molecule has 0 atom stereocenters. The maximum absolute atomic E-state index is 12.4. The Morgan fingerprint density at radius 3 is 2.65 bits per heavy atom. The van der Waals surface area contributed by atoms with Gasteiger partial charge in [0.25, 0.3) is 5.91 Å². The average Bonchev–Trinajstić information content (AvgIpc) is 2.92. The zero-order chi connectivity index (χ0) is 16.4. The number of carbonyl (C=O) groups excluding carboxylic acids is 2. The molecule has 6 heteroatoms. The van der Waals surface area contributed by atoms with Crippen LogP contribution in [0, 0.1) is 0 Å². The molecule has 0 aliphatic rings. The zero-order valence-corrected chi connectivity index (χ0v) is 13.0. The quantitative estimate of drug-likeness (QED) is 0.717. The Kier molecular flexibility index (Phi) is 4.04. The molecule has 0 fully saturated rings. The van der Waals surface area contributed by atoms with E-state index in [9.17, 15) is 9.59 Å². The Morgan fingerprint density at radius 1 is 1.13 bits per heavy atom. The van der Waals surface area contributed by atoms with Gasteiger partial charge in [0.1, 0.15) is 5.69 Å². The molecular formula is C17H13ClN2O3. The number of aromatic nitrogens is 1. The SMILES string of the molecule is COC(=O)c1cccc(NC(=O)c2[nH]c3ccccc3c2Cl)c1. The average molecular weight is 329 g/mol. The molecule has 2 N–H and O–H groups in total. The number of amides is 1. The highest BCUT2D eigenvalue weighted by Crippen LogP contribution is 2.27. The van der Waals surface area contributed by atoms with E-state index in [1.807, 2.05) is 24.3 Å². The highest BCUT2D eigenvalue weighted by atomic mass is 35.5. The van der Waals surface area contributed by atoms with E-state index in [0.717, 1.165) is 10.9 Å². The number of anilines is 1. The number of rotatable bonds is 3. The lowest BCUT2D eigenvalue weighted by molar-refractivity contribution is 0.0600. The summed E-state index contributed by atoms with van der Waals surface area (Å²) in [4.78, 5) is 26.9. The van der Waals surface area contributed by atoms with Crippen molar-refractivity contribution in [2.24, 2.45) is 0 Å². The summed E-state index contributed by atoms with van der Waals surface area (Å²) in [5, 5.41) is 3.86. The number of hydrogen-bond acceptors (Lipinski definition) is 3. The van der Waals surface area contributed by atoms with E-state index in [1.165, 1.54) is 7.11 Å². The van der Waals surface area contributed by atoms with Crippen molar-refractivity contribution in [3.8, 4) is 0 Å². The number of benzene rings is 2. The van der Waals surface area contributed by atoms with Gasteiger partial charge < -0.3 is 15.0 Å². The van der Waals surface area contributed by atoms with Crippen LogP contribution in [0.5, 0.6) is 0 Å². The van der Waals surface area contributed by atoms with Crippen LogP contribution in [0.15, 0.2) is 48.5 Å². The van der Waals surface area contributed by atoms with Crippen molar-refractivity contribution in [1.29, 1.82) is 0 Å². The molecule has 0 aliphatic heterocycles. The van der Waals surface area contributed by atoms with Gasteiger partial charge in [-0.1, -0.05) is 35.9 Å². The van der Waals surface area contributed by atoms with Gasteiger partial charge in [0, 0.05) is 16.6 Å². The fourth-order valence-corrected chi connectivity index (χ4v) is 2.60. The number of halogens is 1. The summed E-state index contributed by atoms with van der Waals surface area (Å²) in [6, 6.07) is 13.9. The first-order valence-corrected chi connectivity index (χ1v) is 7.24. The molecule has 0 aliphatic carbocycles. The van der Waals surface area contributed by atoms with Gasteiger partial charge >= 0.3 is 5.97 Å². The molecule has 0 bridgehead atoms. The lowest BCUT2D eigenvalue weighted by Crippen LogP contribution is -2.13. The minimum absolute atomic E-state index is 0.274. The summed E-state index contributed by atoms with van der Waals surface area (Å²) in [5.74, 6) is -0.849. The van der Waals surface area contributed by atoms with E-state index in [-0.39, 0.29) is 11.6 Å². The Balaban J connectivity index is 1.89. The van der Waals surface area contributed by atoms with E-state index >= 15 is 0 Å². The molecule has 5 nitrogen and oxygen atoms in total. The summed E-state index contributed by atoms with van der Waals surface area (Å²) >= 11 is 6.26. The third-order valence-electron chi connectivity index (χ3n) is 3.41. The number of para-hydroxylation sites is 1. The van der Waals surface area contributed by atoms with Crippen LogP contribution in [0.4, 0.5) is 5.69 Å². The maximum atomic E-state index is 12.4. The molecule has 0 radical (unpaired) electrons. The molecule has 1 aromatic heterocycles. The molecule has 23 heavy (non-hydrogen) atoms. The van der Waals surface area contributed by atoms with Gasteiger partial charge in [0.15, 0.2) is 0 Å². The number of carbonyl (C=O) groups is 2. The predicted molar refractivity (Wildman–Crippen MR) is 89.0 cm³/mol. The Bertz CT molecular complexity index is 902. The Morgan fingerprint density at radius 2 is 1.91 bits per heavy atom. The second-order valence-electron chi connectivity index (χ2n) is 4.89. The molecule has 1 amide bonds. The van der Waals surface area contributed by atoms with Gasteiger partial charge in [-0.15, -0.1) is 0 Å². The summed E-state index contributed by atoms with van der Waals surface area (Å²) in [5.41, 5.74) is 1.89. The molecule has 116 valence electrons. The van der Waals surface area contributed by atoms with Crippen molar-refractivity contribution >= 4 is 40.1 Å². The largest absolute Gasteiger partial charge is 0.465 e. The van der Waals surface area contributed by atoms with Crippen LogP contribution < -0.4 is 5.32 Å². The molecule has 3 rings (SSSR count). The molecular weight excluding hydrogens is 316 g/mol. The fraction of sp³-hybridized carbons (Fsp3) is 0.0588. The standard InChI is InChI=1S/C17H13ClN2O3/c1-23-17(22)10-5-4-6-11(9-10)19-16(21)15-14(18)12-7-2-3-8-13(12)20-15/h2-9,20H,1H3,(H,19,21). The minimum atomic E-state index is -0.468. The number of fused-ring (bicyclic) bond motifs is 1. The van der Waals surface area contributed by atoms with Crippen LogP contribution in [0.25, 0.3) is 10.9 Å². The van der Waals surface area contributed by atoms with E-state index in [0.29, 0.717) is 16.3 Å². The number of hydrogen-bond donors (Lipinski definition) is 2. The number of aromatic amines is 1. The van der Waals surface area contributed by atoms with Gasteiger partial charge in [-0.25, -0.2) is 4.79 Å². The van der Waals surface area contributed by atoms with Crippen molar-refractivity contribution in [3.05, 3.63) is 64.8 Å². The van der Waals surface area contributed by atoms with Crippen LogP contribution in [-0.2, 0) is 4.74 Å². The topological polar surface area (TPSA) is 71.2 Å². The Hall–Kier alpha value is -2.79. The number of H-pyrrole nitrogens is 1. The summed E-state index contributed by atoms with van der Waals surface area (Å²) < 4.78 is 4.66. The molecule has 0 saturated carbocycles. The van der Waals surface area contributed by atoms with E-state index in [4.69, 9.17) is 11.6 Å². The van der Waals surface area contributed by atoms with Crippen LogP contribution in [0.3, 0.4) is 0 Å². The predicted octanol–water partition coefficient (Wildman–Crippen LogP) is 3.86. The maximum Gasteiger partial charge on any atom is 0.337 e. The normalized spacial score (nSPS) is 10.5. The van der Waals surface area contributed by atoms with Gasteiger partial charge in [0.2, 0.25) is 0 Å². The monoisotopic (exact) mass is 328 g/mol. The second kappa shape index (κ2) is 6.14. The van der Waals surface area contributed by atoms with Gasteiger partial charge in [0.05, 0.1) is 17.7 Å². The number of methoxy groups -OCH3 is 1. The minimum Gasteiger partial charge on any atom is -0.465 e. The molecule has 2 aromatic carbocycles. The summed E-state index contributed by atoms with van der Waals surface area (Å²) in [6.45, 7) is 0. The van der Waals surface area contributed by atoms with Crippen molar-refractivity contribution in [2.45, 2.75) is 0 Å². The second-order valence-corrected chi connectivity index (χ2v) is 5.26. The first kappa shape index (κ1) is 15.1. The van der Waals surface area contributed by atoms with Crippen LogP contribution in [0.2, 0.25) is 5.02 Å². The summed E-state index contributed by atoms with van der Waals surface area (Å²) in [7, 11) is 1.30. The van der Waals surface area contributed by atoms with Crippen LogP contribution >= 0.6 is 11.6 Å². The van der Waals surface area contributed by atoms with E-state index < -0.39 is 5.97 Å². The molecule has 3 aromatic rings. The van der Waals surface area contributed by atoms with Crippen molar-refractivity contribution in [2.75, 3.05) is 12.4 Å². The summed E-state index contributed by atoms with van der Waals surface area (Å²) in [6.07, 6.45) is 0. The molecule has 0 saturated heterocycles. The van der Waals surface area contributed by atoms with Crippen LogP contribution in [-0.4, -0.2) is 24.0 Å². The lowest BCUT2D eigenvalue weighted by atomic mass is 10.2. The first-order valence-electron chi connectivity index (χ1n) is 6.86. The van der Waals surface area contributed by atoms with Crippen molar-refractivity contribution in [1.82, 2.24) is 4.98 Å². The highest BCUT2D eigenvalue weighted by molar-refractivity contribution is 6.39. The van der Waals surface area contributed by atoms with Gasteiger partial charge in [-0.05, 0) is 24.3 Å². The Labute approximate surface area is 137 Å². The third kappa shape index (κ3) is 2.91. The first-order chi connectivity index (χ1) is 11.1. The smallest absolute Gasteiger partial charge is 0.337 e. The third-order valence-corrected chi connectivity index (χ3v) is 3.80. The number of ether oxygens (including phenoxy) is 1. The van der Waals surface area contributed by atoms with Crippen molar-refractivity contribution < 1.29 is 14.3 Å². The van der Waals surface area contributed by atoms with Gasteiger partial charge in [-0.2, -0.15) is 0 Å².